The van der Waals surface area contributed by atoms with Gasteiger partial charge in [0.25, 0.3) is 5.91 Å². The zero-order chi connectivity index (χ0) is 24.4. The van der Waals surface area contributed by atoms with Gasteiger partial charge in [0, 0.05) is 18.0 Å². The van der Waals surface area contributed by atoms with Crippen LogP contribution in [0.1, 0.15) is 48.8 Å². The van der Waals surface area contributed by atoms with Crippen molar-refractivity contribution in [2.45, 2.75) is 68.0 Å². The second kappa shape index (κ2) is 7.80. The van der Waals surface area contributed by atoms with E-state index in [-0.39, 0.29) is 17.7 Å². The van der Waals surface area contributed by atoms with Crippen molar-refractivity contribution in [3.05, 3.63) is 65.2 Å². The summed E-state index contributed by atoms with van der Waals surface area (Å²) in [5, 5.41) is 28.3. The predicted molar refractivity (Wildman–Crippen MR) is 131 cm³/mol. The van der Waals surface area contributed by atoms with E-state index >= 15 is 0 Å². The molecule has 2 aromatic carbocycles. The molecule has 0 aromatic heterocycles. The van der Waals surface area contributed by atoms with Gasteiger partial charge in [0.2, 0.25) is 0 Å². The van der Waals surface area contributed by atoms with Crippen molar-refractivity contribution in [3.8, 4) is 5.75 Å². The maximum Gasteiger partial charge on any atom is 0.322 e. The molecule has 7 nitrogen and oxygen atoms in total. The molecule has 35 heavy (non-hydrogen) atoms. The van der Waals surface area contributed by atoms with Crippen LogP contribution in [0.2, 0.25) is 0 Å². The van der Waals surface area contributed by atoms with E-state index in [1.165, 1.54) is 5.56 Å². The average molecular weight is 476 g/mol. The number of carbonyl (C=O) groups is 2. The van der Waals surface area contributed by atoms with Gasteiger partial charge in [0.15, 0.2) is 0 Å². The van der Waals surface area contributed by atoms with Crippen LogP contribution >= 0.6 is 0 Å². The van der Waals surface area contributed by atoms with Gasteiger partial charge < -0.3 is 15.5 Å². The predicted octanol–water partition coefficient (Wildman–Crippen LogP) is 2.77. The highest BCUT2D eigenvalue weighted by Crippen LogP contribution is 2.65. The number of imide groups is 1. The first-order valence-corrected chi connectivity index (χ1v) is 12.7. The highest BCUT2D eigenvalue weighted by atomic mass is 16.3. The van der Waals surface area contributed by atoms with E-state index in [2.05, 4.69) is 39.8 Å². The number of nitrogens with one attached hydrogen (secondary N) is 2. The number of benzene rings is 2. The fourth-order valence-corrected chi connectivity index (χ4v) is 7.82. The van der Waals surface area contributed by atoms with E-state index in [4.69, 9.17) is 0 Å². The van der Waals surface area contributed by atoms with Gasteiger partial charge in [-0.15, -0.1) is 0 Å². The topological polar surface area (TPSA) is 102 Å². The normalized spacial score (nSPS) is 35.8. The van der Waals surface area contributed by atoms with Crippen LogP contribution in [0.25, 0.3) is 0 Å². The molecule has 184 valence electrons. The summed E-state index contributed by atoms with van der Waals surface area (Å²) in [6.45, 7) is 3.83. The van der Waals surface area contributed by atoms with Crippen LogP contribution in [0.15, 0.2) is 48.5 Å². The summed E-state index contributed by atoms with van der Waals surface area (Å²) in [6.07, 6.45) is 3.92. The zero-order valence-electron chi connectivity index (χ0n) is 20.1. The number of hydrogen-bond donors (Lipinski definition) is 4. The molecule has 4 N–H and O–H groups in total. The number of phenols is 1. The third kappa shape index (κ3) is 3.24. The molecule has 7 heteroatoms. The van der Waals surface area contributed by atoms with Crippen molar-refractivity contribution in [3.63, 3.8) is 0 Å². The van der Waals surface area contributed by atoms with E-state index in [0.717, 1.165) is 43.5 Å². The number of hydrogen-bond acceptors (Lipinski definition) is 5. The van der Waals surface area contributed by atoms with Gasteiger partial charge in [-0.05, 0) is 86.7 Å². The fraction of sp³-hybridized carbons (Fsp3) is 0.500. The van der Waals surface area contributed by atoms with Crippen LogP contribution in [0.3, 0.4) is 0 Å². The minimum atomic E-state index is -1.04. The quantitative estimate of drug-likeness (QED) is 0.498. The molecule has 3 amide bonds. The number of aromatic hydroxyl groups is 1. The fourth-order valence-electron chi connectivity index (χ4n) is 7.82. The first-order chi connectivity index (χ1) is 16.8. The van der Waals surface area contributed by atoms with Crippen molar-refractivity contribution < 1.29 is 19.8 Å². The molecule has 4 aliphatic rings. The maximum absolute atomic E-state index is 13.0. The van der Waals surface area contributed by atoms with Crippen LogP contribution < -0.4 is 10.6 Å². The van der Waals surface area contributed by atoms with Gasteiger partial charge >= 0.3 is 6.03 Å². The molecule has 4 fully saturated rings. The highest BCUT2D eigenvalue weighted by Gasteiger charge is 2.73. The lowest BCUT2D eigenvalue weighted by Crippen LogP contribution is -2.70. The monoisotopic (exact) mass is 475 g/mol. The van der Waals surface area contributed by atoms with Gasteiger partial charge in [-0.25, -0.2) is 4.79 Å². The van der Waals surface area contributed by atoms with Crippen molar-refractivity contribution in [2.75, 3.05) is 13.1 Å². The maximum atomic E-state index is 13.0. The summed E-state index contributed by atoms with van der Waals surface area (Å²) in [5.41, 5.74) is 0.407. The second-order valence-electron chi connectivity index (χ2n) is 11.2. The van der Waals surface area contributed by atoms with Crippen molar-refractivity contribution in [2.24, 2.45) is 5.92 Å². The van der Waals surface area contributed by atoms with Crippen LogP contribution in [-0.2, 0) is 16.6 Å². The third-order valence-electron chi connectivity index (χ3n) is 9.28. The Hall–Kier alpha value is -2.90. The first-order valence-electron chi connectivity index (χ1n) is 12.7. The number of phenolic OH excluding ortho intramolecular Hbond substituents is 1. The number of aliphatic hydroxyl groups is 1. The number of amides is 3. The first kappa shape index (κ1) is 22.6. The molecule has 2 aliphatic carbocycles. The lowest BCUT2D eigenvalue weighted by molar-refractivity contribution is -0.148. The summed E-state index contributed by atoms with van der Waals surface area (Å²) in [5.74, 6) is 0.162. The Kier molecular flexibility index (Phi) is 5.03. The minimum absolute atomic E-state index is 0.0116. The SMILES string of the molecule is Cc1ccc(O)cc1[C@]12CC3CN(CCCc4ccccc4)[C@H]3[C@]1(O)CC[C@@]1(C2)NC(=O)NC1=O. The molecule has 6 rings (SSSR count). The number of aryl methyl sites for hydroxylation is 2. The van der Waals surface area contributed by atoms with Crippen LogP contribution in [0.5, 0.6) is 5.75 Å². The summed E-state index contributed by atoms with van der Waals surface area (Å²) in [6, 6.07) is 15.3. The molecule has 1 spiro atoms. The summed E-state index contributed by atoms with van der Waals surface area (Å²) in [7, 11) is 0. The molecular formula is C28H33N3O4. The molecule has 2 saturated heterocycles. The lowest BCUT2D eigenvalue weighted by atomic mass is 9.55. The average Bonchev–Trinajstić information content (AvgIpc) is 3.20. The zero-order valence-corrected chi connectivity index (χ0v) is 20.1. The van der Waals surface area contributed by atoms with E-state index in [0.29, 0.717) is 25.2 Å². The van der Waals surface area contributed by atoms with E-state index in [1.54, 1.807) is 12.1 Å². The Morgan fingerprint density at radius 2 is 1.91 bits per heavy atom. The molecule has 2 aliphatic heterocycles. The smallest absolute Gasteiger partial charge is 0.322 e. The summed E-state index contributed by atoms with van der Waals surface area (Å²) in [4.78, 5) is 27.5. The van der Waals surface area contributed by atoms with E-state index in [9.17, 15) is 19.8 Å². The van der Waals surface area contributed by atoms with Crippen LogP contribution in [0.4, 0.5) is 4.79 Å². The highest BCUT2D eigenvalue weighted by molar-refractivity contribution is 6.07. The standard InChI is InChI=1S/C28H33N3O4/c1-18-9-10-21(32)14-22(18)26-15-20-16-31(13-5-8-19-6-3-2-4-7-19)23(20)28(26,35)12-11-27(17-26)24(33)29-25(34)30-27/h2-4,6-7,9-10,14,20,23,32,35H,5,8,11-13,15-17H2,1H3,(H2,29,30,33,34)/t20?,23-,26-,27+,28-/m1/s1. The molecule has 0 radical (unpaired) electrons. The molecule has 5 atom stereocenters. The number of fused-ring (bicyclic) bond motifs is 3. The Labute approximate surface area is 205 Å². The number of nitrogens with zero attached hydrogens (tertiary/aromatic N) is 1. The van der Waals surface area contributed by atoms with Crippen LogP contribution in [-0.4, -0.2) is 57.3 Å². The Morgan fingerprint density at radius 3 is 2.66 bits per heavy atom. The molecular weight excluding hydrogens is 442 g/mol. The number of urea groups is 1. The summed E-state index contributed by atoms with van der Waals surface area (Å²) >= 11 is 0. The summed E-state index contributed by atoms with van der Waals surface area (Å²) < 4.78 is 0. The van der Waals surface area contributed by atoms with E-state index in [1.807, 2.05) is 19.1 Å². The third-order valence-corrected chi connectivity index (χ3v) is 9.28. The van der Waals surface area contributed by atoms with Crippen molar-refractivity contribution in [1.82, 2.24) is 15.5 Å². The Bertz CT molecular complexity index is 1190. The van der Waals surface area contributed by atoms with Crippen molar-refractivity contribution >= 4 is 11.9 Å². The number of rotatable bonds is 5. The second-order valence-corrected chi connectivity index (χ2v) is 11.2. The Morgan fingerprint density at radius 1 is 1.11 bits per heavy atom. The molecule has 2 aromatic rings. The molecule has 2 saturated carbocycles. The molecule has 1 unspecified atom stereocenters. The molecule has 0 bridgehead atoms. The minimum Gasteiger partial charge on any atom is -0.508 e. The molecule has 2 heterocycles. The van der Waals surface area contributed by atoms with Gasteiger partial charge in [-0.3, -0.25) is 15.0 Å². The Balaban J connectivity index is 1.33. The van der Waals surface area contributed by atoms with Gasteiger partial charge in [0.05, 0.1) is 5.60 Å². The van der Waals surface area contributed by atoms with Crippen molar-refractivity contribution in [1.29, 1.82) is 0 Å². The largest absolute Gasteiger partial charge is 0.508 e. The van der Waals surface area contributed by atoms with Crippen LogP contribution in [0, 0.1) is 12.8 Å². The lowest BCUT2D eigenvalue weighted by Gasteiger charge is -2.57. The number of likely N-dealkylation sites (tertiary alicyclic amines) is 1. The van der Waals surface area contributed by atoms with Gasteiger partial charge in [-0.2, -0.15) is 0 Å². The van der Waals surface area contributed by atoms with E-state index < -0.39 is 22.6 Å². The number of carbonyl (C=O) groups excluding carboxylic acids is 2. The van der Waals surface area contributed by atoms with Gasteiger partial charge in [-0.1, -0.05) is 36.4 Å². The van der Waals surface area contributed by atoms with Gasteiger partial charge in [0.1, 0.15) is 11.3 Å².